The van der Waals surface area contributed by atoms with E-state index in [9.17, 15) is 30.0 Å². The fraction of sp³-hybridized carbons (Fsp3) is 0.440. The van der Waals surface area contributed by atoms with Crippen LogP contribution >= 0.6 is 0 Å². The summed E-state index contributed by atoms with van der Waals surface area (Å²) in [6, 6.07) is 1.81. The number of rotatable bonds is 4. The maximum atomic E-state index is 13.8. The smallest absolute Gasteiger partial charge is 0.248 e. The number of allylic oxidation sites excluding steroid dienone is 1. The van der Waals surface area contributed by atoms with Gasteiger partial charge in [-0.15, -0.1) is 0 Å². The van der Waals surface area contributed by atoms with Gasteiger partial charge >= 0.3 is 0 Å². The van der Waals surface area contributed by atoms with E-state index in [1.807, 2.05) is 6.07 Å². The average molecular weight is 468 g/mol. The molecule has 1 aromatic rings. The summed E-state index contributed by atoms with van der Waals surface area (Å²) in [6.07, 6.45) is 2.44. The molecule has 180 valence electrons. The Bertz CT molecular complexity index is 1230. The summed E-state index contributed by atoms with van der Waals surface area (Å²) in [5, 5.41) is 50.8. The molecule has 4 aliphatic rings. The van der Waals surface area contributed by atoms with Crippen LogP contribution < -0.4 is 16.4 Å². The van der Waals surface area contributed by atoms with Crippen molar-refractivity contribution in [2.45, 2.75) is 37.8 Å². The van der Waals surface area contributed by atoms with Crippen LogP contribution in [0.3, 0.4) is 0 Å². The van der Waals surface area contributed by atoms with Gasteiger partial charge in [-0.2, -0.15) is 0 Å². The largest absolute Gasteiger partial charge is 0.512 e. The number of primary amides is 1. The number of aliphatic hydroxyl groups is 3. The number of aromatic hydroxyl groups is 1. The van der Waals surface area contributed by atoms with Gasteiger partial charge in [0, 0.05) is 55.1 Å². The molecule has 0 aliphatic heterocycles. The lowest BCUT2D eigenvalue weighted by atomic mass is 9.59. The number of nitrogens with one attached hydrogen (secondary N) is 2. The maximum Gasteiger partial charge on any atom is 0.248 e. The van der Waals surface area contributed by atoms with Gasteiger partial charge in [-0.25, -0.2) is 0 Å². The highest BCUT2D eigenvalue weighted by Crippen LogP contribution is 2.57. The number of fused-ring (bicyclic) bond motifs is 5. The van der Waals surface area contributed by atoms with Crippen molar-refractivity contribution in [3.05, 3.63) is 51.3 Å². The first-order valence-electron chi connectivity index (χ1n) is 11.4. The van der Waals surface area contributed by atoms with Crippen LogP contribution in [0.1, 0.15) is 36.0 Å². The molecule has 0 aromatic heterocycles. The third-order valence-corrected chi connectivity index (χ3v) is 7.89. The average Bonchev–Trinajstić information content (AvgIpc) is 3.56. The number of carbonyl (C=O) groups excluding carboxylic acids is 2. The number of aliphatic hydroxyl groups excluding tert-OH is 2. The zero-order valence-electron chi connectivity index (χ0n) is 19.1. The quantitative estimate of drug-likeness (QED) is 0.259. The Kier molecular flexibility index (Phi) is 5.03. The first-order chi connectivity index (χ1) is 16.1. The SMILES string of the molecule is CNCc1cc(NC)c2c(c1O)C(O)=C1C(=O)[C@@]3(O)[C@H](CC(O)=C(C(N)=O)CC4=C[C@@H]43)C[C@@H]1C2. The van der Waals surface area contributed by atoms with Crippen molar-refractivity contribution in [3.8, 4) is 5.75 Å². The highest BCUT2D eigenvalue weighted by molar-refractivity contribution is 6.10. The van der Waals surface area contributed by atoms with Crippen molar-refractivity contribution >= 4 is 23.1 Å². The van der Waals surface area contributed by atoms with Crippen molar-refractivity contribution < 1.29 is 30.0 Å². The summed E-state index contributed by atoms with van der Waals surface area (Å²) < 4.78 is 0. The fourth-order valence-electron chi connectivity index (χ4n) is 6.15. The lowest BCUT2D eigenvalue weighted by molar-refractivity contribution is -0.147. The number of Topliss-reactive ketones (excluding diaryl/α,β-unsaturated/α-hetero) is 1. The van der Waals surface area contributed by atoms with E-state index in [2.05, 4.69) is 10.6 Å². The van der Waals surface area contributed by atoms with Gasteiger partial charge in [-0.1, -0.05) is 11.6 Å². The molecule has 9 heteroatoms. The second-order valence-corrected chi connectivity index (χ2v) is 9.71. The monoisotopic (exact) mass is 467 g/mol. The van der Waals surface area contributed by atoms with Crippen LogP contribution in [0.2, 0.25) is 0 Å². The molecule has 0 saturated heterocycles. The number of anilines is 1. The molecule has 1 aromatic carbocycles. The van der Waals surface area contributed by atoms with E-state index >= 15 is 0 Å². The third-order valence-electron chi connectivity index (χ3n) is 7.89. The van der Waals surface area contributed by atoms with Crippen LogP contribution in [0.5, 0.6) is 5.75 Å². The zero-order chi connectivity index (χ0) is 24.5. The van der Waals surface area contributed by atoms with Gasteiger partial charge in [0.2, 0.25) is 5.91 Å². The number of carbonyl (C=O) groups is 2. The van der Waals surface area contributed by atoms with E-state index in [1.165, 1.54) is 0 Å². The van der Waals surface area contributed by atoms with E-state index in [4.69, 9.17) is 5.73 Å². The molecule has 0 bridgehead atoms. The molecular weight excluding hydrogens is 438 g/mol. The normalized spacial score (nSPS) is 29.8. The number of amides is 1. The zero-order valence-corrected chi connectivity index (χ0v) is 19.1. The number of hydrogen-bond acceptors (Lipinski definition) is 8. The van der Waals surface area contributed by atoms with Gasteiger partial charge in [0.15, 0.2) is 5.78 Å². The predicted molar refractivity (Wildman–Crippen MR) is 125 cm³/mol. The number of ketones is 1. The number of hydrogen-bond donors (Lipinski definition) is 7. The second-order valence-electron chi connectivity index (χ2n) is 9.71. The molecule has 34 heavy (non-hydrogen) atoms. The summed E-state index contributed by atoms with van der Waals surface area (Å²) >= 11 is 0. The van der Waals surface area contributed by atoms with Crippen molar-refractivity contribution in [3.63, 3.8) is 0 Å². The second kappa shape index (κ2) is 7.61. The fourth-order valence-corrected chi connectivity index (χ4v) is 6.15. The van der Waals surface area contributed by atoms with Crippen LogP contribution in [-0.2, 0) is 22.6 Å². The van der Waals surface area contributed by atoms with Crippen molar-refractivity contribution in [2.75, 3.05) is 19.4 Å². The Morgan fingerprint density at radius 3 is 2.62 bits per heavy atom. The summed E-state index contributed by atoms with van der Waals surface area (Å²) in [5.74, 6) is -3.56. The summed E-state index contributed by atoms with van der Waals surface area (Å²) in [5.41, 5.74) is 6.73. The molecule has 4 atom stereocenters. The Labute approximate surface area is 196 Å². The maximum absolute atomic E-state index is 13.8. The molecule has 0 spiro atoms. The van der Waals surface area contributed by atoms with Gasteiger partial charge < -0.3 is 36.8 Å². The Morgan fingerprint density at radius 2 is 1.97 bits per heavy atom. The van der Waals surface area contributed by atoms with Crippen molar-refractivity contribution in [1.29, 1.82) is 0 Å². The summed E-state index contributed by atoms with van der Waals surface area (Å²) in [6.45, 7) is 0.364. The van der Waals surface area contributed by atoms with E-state index < -0.39 is 35.0 Å². The van der Waals surface area contributed by atoms with E-state index in [1.54, 1.807) is 20.2 Å². The topological polar surface area (TPSA) is 165 Å². The van der Waals surface area contributed by atoms with Gasteiger partial charge in [-0.3, -0.25) is 9.59 Å². The van der Waals surface area contributed by atoms with Crippen LogP contribution in [0, 0.1) is 17.8 Å². The molecular formula is C25H29N3O6. The highest BCUT2D eigenvalue weighted by atomic mass is 16.3. The molecule has 9 nitrogen and oxygen atoms in total. The Hall–Kier alpha value is -3.30. The summed E-state index contributed by atoms with van der Waals surface area (Å²) in [7, 11) is 3.50. The van der Waals surface area contributed by atoms with E-state index in [0.29, 0.717) is 36.1 Å². The Balaban J connectivity index is 1.65. The van der Waals surface area contributed by atoms with Crippen LogP contribution in [0.25, 0.3) is 5.76 Å². The Morgan fingerprint density at radius 1 is 1.24 bits per heavy atom. The molecule has 0 heterocycles. The van der Waals surface area contributed by atoms with E-state index in [-0.39, 0.29) is 46.8 Å². The molecule has 4 aliphatic carbocycles. The lowest BCUT2D eigenvalue weighted by Crippen LogP contribution is -2.56. The number of nitrogens with two attached hydrogens (primary N) is 1. The minimum absolute atomic E-state index is 0.0548. The molecule has 8 N–H and O–H groups in total. The molecule has 0 radical (unpaired) electrons. The molecule has 1 fully saturated rings. The minimum atomic E-state index is -1.84. The first-order valence-corrected chi connectivity index (χ1v) is 11.4. The number of phenols is 1. The molecule has 1 amide bonds. The van der Waals surface area contributed by atoms with Gasteiger partial charge in [0.05, 0.1) is 11.1 Å². The third kappa shape index (κ3) is 3.00. The molecule has 5 rings (SSSR count). The molecule has 0 unspecified atom stereocenters. The van der Waals surface area contributed by atoms with Gasteiger partial charge in [-0.05, 0) is 37.4 Å². The van der Waals surface area contributed by atoms with Crippen LogP contribution in [0.15, 0.2) is 34.6 Å². The van der Waals surface area contributed by atoms with Crippen molar-refractivity contribution in [1.82, 2.24) is 5.32 Å². The molecule has 1 saturated carbocycles. The van der Waals surface area contributed by atoms with Crippen LogP contribution in [-0.4, -0.2) is 51.8 Å². The number of phenolic OH excluding ortho intramolecular Hbond substituents is 1. The first kappa shape index (κ1) is 22.5. The van der Waals surface area contributed by atoms with Gasteiger partial charge in [0.1, 0.15) is 22.9 Å². The number of benzene rings is 1. The van der Waals surface area contributed by atoms with Gasteiger partial charge in [0.25, 0.3) is 0 Å². The summed E-state index contributed by atoms with van der Waals surface area (Å²) in [4.78, 5) is 25.7. The lowest BCUT2D eigenvalue weighted by Gasteiger charge is -2.46. The minimum Gasteiger partial charge on any atom is -0.512 e. The predicted octanol–water partition coefficient (Wildman–Crippen LogP) is 1.56. The van der Waals surface area contributed by atoms with Crippen LogP contribution in [0.4, 0.5) is 5.69 Å². The highest BCUT2D eigenvalue weighted by Gasteiger charge is 2.61. The van der Waals surface area contributed by atoms with E-state index in [0.717, 1.165) is 5.69 Å². The standard InChI is InChI=1S/C25H29N3O6/c1-27-9-12-7-17(28-2)14-5-11-3-13-8-18(29)15(24(26)33)4-10-6-16(10)25(13,34)23(32)19(11)22(31)20(14)21(12)30/h6-7,11,13,16,27-31,34H,3-5,8-9H2,1-2H3,(H2,26,33)/t11-,13+,16+,25-/m1/s1. The van der Waals surface area contributed by atoms with Crippen molar-refractivity contribution in [2.24, 2.45) is 23.5 Å².